The summed E-state index contributed by atoms with van der Waals surface area (Å²) in [6.45, 7) is 3.27. The van der Waals surface area contributed by atoms with E-state index in [9.17, 15) is 9.90 Å². The third kappa shape index (κ3) is 4.02. The van der Waals surface area contributed by atoms with E-state index < -0.39 is 0 Å². The molecule has 0 spiro atoms. The molecule has 5 heteroatoms. The van der Waals surface area contributed by atoms with Crippen LogP contribution in [0.4, 0.5) is 11.4 Å². The lowest BCUT2D eigenvalue weighted by molar-refractivity contribution is 0.0666. The number of hydrogen-bond donors (Lipinski definition) is 2. The summed E-state index contributed by atoms with van der Waals surface area (Å²) in [7, 11) is 1.95. The minimum Gasteiger partial charge on any atom is -0.395 e. The van der Waals surface area contributed by atoms with Gasteiger partial charge in [0.2, 0.25) is 0 Å². The predicted octanol–water partition coefficient (Wildman–Crippen LogP) is 4.19. The molecule has 0 aliphatic carbocycles. The van der Waals surface area contributed by atoms with Gasteiger partial charge in [0.1, 0.15) is 6.17 Å². The third-order valence-electron chi connectivity index (χ3n) is 5.58. The minimum atomic E-state index is -0.258. The lowest BCUT2D eigenvalue weighted by atomic mass is 10.0. The highest BCUT2D eigenvalue weighted by atomic mass is 16.3. The number of fused-ring (bicyclic) bond motifs is 1. The van der Waals surface area contributed by atoms with Crippen molar-refractivity contribution < 1.29 is 9.90 Å². The number of likely N-dealkylation sites (N-methyl/N-ethyl adjacent to an activating group) is 1. The molecule has 0 fully saturated rings. The van der Waals surface area contributed by atoms with Crippen molar-refractivity contribution in [1.82, 2.24) is 4.90 Å². The van der Waals surface area contributed by atoms with Gasteiger partial charge in [0, 0.05) is 31.5 Å². The number of aliphatic hydroxyl groups excluding tert-OH is 1. The first-order valence-electron chi connectivity index (χ1n) is 10.2. The van der Waals surface area contributed by atoms with Crippen molar-refractivity contribution in [3.8, 4) is 0 Å². The van der Waals surface area contributed by atoms with Crippen LogP contribution in [0, 0.1) is 6.92 Å². The molecule has 1 amide bonds. The summed E-state index contributed by atoms with van der Waals surface area (Å²) in [4.78, 5) is 17.3. The molecule has 1 aliphatic rings. The summed E-state index contributed by atoms with van der Waals surface area (Å²) in [5, 5.41) is 12.7. The minimum absolute atomic E-state index is 0.0244. The normalized spacial score (nSPS) is 15.5. The number of amides is 1. The molecule has 0 unspecified atom stereocenters. The summed E-state index contributed by atoms with van der Waals surface area (Å²) < 4.78 is 0. The van der Waals surface area contributed by atoms with E-state index in [1.165, 1.54) is 5.56 Å². The number of aryl methyl sites for hydroxylation is 1. The van der Waals surface area contributed by atoms with Crippen LogP contribution in [0.5, 0.6) is 0 Å². The zero-order valence-electron chi connectivity index (χ0n) is 17.4. The zero-order chi connectivity index (χ0) is 21.1. The van der Waals surface area contributed by atoms with E-state index in [1.54, 1.807) is 0 Å². The molecular weight excluding hydrogens is 374 g/mol. The molecule has 0 saturated heterocycles. The molecule has 1 heterocycles. The number of nitrogens with one attached hydrogen (secondary N) is 1. The Hall–Kier alpha value is -3.31. The molecule has 3 aromatic carbocycles. The number of hydrogen-bond acceptors (Lipinski definition) is 4. The van der Waals surface area contributed by atoms with E-state index >= 15 is 0 Å². The van der Waals surface area contributed by atoms with Crippen LogP contribution >= 0.6 is 0 Å². The highest BCUT2D eigenvalue weighted by Crippen LogP contribution is 2.34. The number of anilines is 2. The highest BCUT2D eigenvalue weighted by Gasteiger charge is 2.32. The Bertz CT molecular complexity index is 1020. The summed E-state index contributed by atoms with van der Waals surface area (Å²) in [6, 6.07) is 24.1. The molecule has 30 heavy (non-hydrogen) atoms. The molecular formula is C25H27N3O2. The average molecular weight is 402 g/mol. The number of para-hydroxylation sites is 1. The van der Waals surface area contributed by atoms with E-state index in [-0.39, 0.29) is 18.7 Å². The first-order chi connectivity index (χ1) is 14.6. The maximum Gasteiger partial charge on any atom is 0.258 e. The van der Waals surface area contributed by atoms with Crippen molar-refractivity contribution in [2.75, 3.05) is 30.4 Å². The maximum absolute atomic E-state index is 13.4. The average Bonchev–Trinajstić information content (AvgIpc) is 2.77. The zero-order valence-corrected chi connectivity index (χ0v) is 17.4. The van der Waals surface area contributed by atoms with Gasteiger partial charge in [-0.25, -0.2) is 0 Å². The van der Waals surface area contributed by atoms with Crippen molar-refractivity contribution in [3.63, 3.8) is 0 Å². The van der Waals surface area contributed by atoms with Crippen LogP contribution in [0.25, 0.3) is 0 Å². The number of carbonyl (C=O) groups excluding carboxylic acids is 1. The van der Waals surface area contributed by atoms with Crippen LogP contribution in [0.1, 0.15) is 33.2 Å². The number of carbonyl (C=O) groups is 1. The molecule has 0 saturated carbocycles. The summed E-state index contributed by atoms with van der Waals surface area (Å²) in [6.07, 6.45) is -0.258. The molecule has 4 rings (SSSR count). The number of nitrogens with zero attached hydrogens (tertiary/aromatic N) is 2. The Kier molecular flexibility index (Phi) is 5.72. The van der Waals surface area contributed by atoms with Gasteiger partial charge in [0.25, 0.3) is 5.91 Å². The van der Waals surface area contributed by atoms with Crippen molar-refractivity contribution >= 4 is 17.3 Å². The molecule has 0 radical (unpaired) electrons. The Balaban J connectivity index is 1.67. The van der Waals surface area contributed by atoms with Crippen LogP contribution in [0.2, 0.25) is 0 Å². The first-order valence-corrected chi connectivity index (χ1v) is 10.2. The Labute approximate surface area is 177 Å². The fourth-order valence-electron chi connectivity index (χ4n) is 3.80. The van der Waals surface area contributed by atoms with Crippen LogP contribution in [-0.2, 0) is 6.54 Å². The first kappa shape index (κ1) is 20.0. The van der Waals surface area contributed by atoms with Gasteiger partial charge in [-0.15, -0.1) is 0 Å². The van der Waals surface area contributed by atoms with Gasteiger partial charge in [-0.2, -0.15) is 0 Å². The van der Waals surface area contributed by atoms with Gasteiger partial charge in [-0.3, -0.25) is 4.79 Å². The summed E-state index contributed by atoms with van der Waals surface area (Å²) in [5.41, 5.74) is 5.89. The highest BCUT2D eigenvalue weighted by molar-refractivity contribution is 6.01. The lowest BCUT2D eigenvalue weighted by Gasteiger charge is -2.38. The van der Waals surface area contributed by atoms with Crippen molar-refractivity contribution in [2.45, 2.75) is 19.6 Å². The fourth-order valence-corrected chi connectivity index (χ4v) is 3.80. The van der Waals surface area contributed by atoms with Gasteiger partial charge in [0.15, 0.2) is 0 Å². The predicted molar refractivity (Wildman–Crippen MR) is 121 cm³/mol. The Morgan fingerprint density at radius 1 is 1.00 bits per heavy atom. The largest absolute Gasteiger partial charge is 0.395 e. The van der Waals surface area contributed by atoms with Gasteiger partial charge in [-0.05, 0) is 42.3 Å². The van der Waals surface area contributed by atoms with Crippen LogP contribution < -0.4 is 10.2 Å². The number of benzene rings is 3. The standard InChI is InChI=1S/C25H27N3O2/c1-18-7-9-19(10-8-18)17-28-24(26-23-6-4-3-5-22(23)25(28)30)20-11-13-21(14-12-20)27(2)15-16-29/h3-14,24,26,29H,15-17H2,1-2H3/t24-/m0/s1. The molecule has 0 bridgehead atoms. The molecule has 5 nitrogen and oxygen atoms in total. The molecule has 1 atom stereocenters. The number of aliphatic hydroxyl groups is 1. The summed E-state index contributed by atoms with van der Waals surface area (Å²) >= 11 is 0. The van der Waals surface area contributed by atoms with Crippen molar-refractivity contribution in [2.24, 2.45) is 0 Å². The van der Waals surface area contributed by atoms with E-state index in [4.69, 9.17) is 0 Å². The van der Waals surface area contributed by atoms with Crippen LogP contribution in [0.3, 0.4) is 0 Å². The van der Waals surface area contributed by atoms with Gasteiger partial charge in [-0.1, -0.05) is 54.1 Å². The molecule has 2 N–H and O–H groups in total. The maximum atomic E-state index is 13.4. The van der Waals surface area contributed by atoms with Crippen molar-refractivity contribution in [1.29, 1.82) is 0 Å². The number of rotatable bonds is 6. The SMILES string of the molecule is Cc1ccc(CN2C(=O)c3ccccc3N[C@@H]2c2ccc(N(C)CCO)cc2)cc1. The van der Waals surface area contributed by atoms with E-state index in [2.05, 4.69) is 36.5 Å². The Morgan fingerprint density at radius 3 is 2.40 bits per heavy atom. The third-order valence-corrected chi connectivity index (χ3v) is 5.58. The second kappa shape index (κ2) is 8.59. The van der Waals surface area contributed by atoms with E-state index in [0.29, 0.717) is 18.7 Å². The quantitative estimate of drug-likeness (QED) is 0.650. The molecule has 0 aromatic heterocycles. The van der Waals surface area contributed by atoms with E-state index in [1.807, 2.05) is 65.4 Å². The van der Waals surface area contributed by atoms with E-state index in [0.717, 1.165) is 22.5 Å². The second-order valence-corrected chi connectivity index (χ2v) is 7.75. The van der Waals surface area contributed by atoms with Crippen LogP contribution in [-0.4, -0.2) is 36.1 Å². The fraction of sp³-hybridized carbons (Fsp3) is 0.240. The van der Waals surface area contributed by atoms with Crippen molar-refractivity contribution in [3.05, 3.63) is 95.1 Å². The second-order valence-electron chi connectivity index (χ2n) is 7.75. The molecule has 3 aromatic rings. The molecule has 154 valence electrons. The smallest absolute Gasteiger partial charge is 0.258 e. The van der Waals surface area contributed by atoms with Gasteiger partial charge in [0.05, 0.1) is 12.2 Å². The van der Waals surface area contributed by atoms with Gasteiger partial charge >= 0.3 is 0 Å². The summed E-state index contributed by atoms with van der Waals surface area (Å²) in [5.74, 6) is 0.0244. The monoisotopic (exact) mass is 401 g/mol. The van der Waals surface area contributed by atoms with Gasteiger partial charge < -0.3 is 20.2 Å². The lowest BCUT2D eigenvalue weighted by Crippen LogP contribution is -2.42. The van der Waals surface area contributed by atoms with Crippen LogP contribution in [0.15, 0.2) is 72.8 Å². The topological polar surface area (TPSA) is 55.8 Å². The Morgan fingerprint density at radius 2 is 1.70 bits per heavy atom. The molecule has 1 aliphatic heterocycles.